The van der Waals surface area contributed by atoms with Gasteiger partial charge in [-0.3, -0.25) is 9.69 Å². The lowest BCUT2D eigenvalue weighted by Crippen LogP contribution is -2.40. The highest BCUT2D eigenvalue weighted by atomic mass is 19.1. The van der Waals surface area contributed by atoms with Crippen molar-refractivity contribution in [2.45, 2.75) is 25.9 Å². The Labute approximate surface area is 168 Å². The Bertz CT molecular complexity index is 952. The van der Waals surface area contributed by atoms with E-state index in [-0.39, 0.29) is 24.2 Å². The third-order valence-electron chi connectivity index (χ3n) is 5.22. The van der Waals surface area contributed by atoms with Gasteiger partial charge in [-0.1, -0.05) is 53.7 Å². The lowest BCUT2D eigenvalue weighted by Gasteiger charge is -2.31. The minimum absolute atomic E-state index is 0.00463. The Morgan fingerprint density at radius 1 is 1.10 bits per heavy atom. The summed E-state index contributed by atoms with van der Waals surface area (Å²) in [6.07, 6.45) is 1.50. The van der Waals surface area contributed by atoms with E-state index < -0.39 is 0 Å². The number of benzene rings is 2. The van der Waals surface area contributed by atoms with Gasteiger partial charge in [0.1, 0.15) is 5.82 Å². The zero-order valence-electron chi connectivity index (χ0n) is 16.1. The molecule has 7 heteroatoms. The van der Waals surface area contributed by atoms with Gasteiger partial charge in [-0.2, -0.15) is 4.98 Å². The fourth-order valence-corrected chi connectivity index (χ4v) is 3.56. The van der Waals surface area contributed by atoms with Crippen LogP contribution in [0.25, 0.3) is 11.4 Å². The third-order valence-corrected chi connectivity index (χ3v) is 5.22. The van der Waals surface area contributed by atoms with Crippen molar-refractivity contribution < 1.29 is 13.7 Å². The van der Waals surface area contributed by atoms with Crippen LogP contribution in [0.3, 0.4) is 0 Å². The smallest absolute Gasteiger partial charge is 0.246 e. The molecule has 0 saturated carbocycles. The van der Waals surface area contributed by atoms with Crippen LogP contribution in [0.1, 0.15) is 24.3 Å². The summed E-state index contributed by atoms with van der Waals surface area (Å²) in [6.45, 7) is 2.33. The van der Waals surface area contributed by atoms with Crippen molar-refractivity contribution in [1.82, 2.24) is 20.4 Å². The molecule has 0 atom stereocenters. The monoisotopic (exact) mass is 394 g/mol. The second-order valence-electron chi connectivity index (χ2n) is 7.24. The number of nitrogens with one attached hydrogen (secondary N) is 1. The number of likely N-dealkylation sites (tertiary alicyclic amines) is 1. The number of nitrogens with zero attached hydrogens (tertiary/aromatic N) is 3. The molecule has 1 fully saturated rings. The molecule has 0 bridgehead atoms. The Morgan fingerprint density at radius 3 is 2.59 bits per heavy atom. The van der Waals surface area contributed by atoms with Crippen molar-refractivity contribution in [2.75, 3.05) is 13.1 Å². The molecule has 1 aromatic heterocycles. The Balaban J connectivity index is 1.24. The molecular formula is C22H23FN4O2. The van der Waals surface area contributed by atoms with E-state index in [1.807, 2.05) is 42.5 Å². The van der Waals surface area contributed by atoms with Crippen LogP contribution in [-0.2, 0) is 17.9 Å². The summed E-state index contributed by atoms with van der Waals surface area (Å²) in [6, 6.07) is 16.4. The van der Waals surface area contributed by atoms with Crippen molar-refractivity contribution in [3.63, 3.8) is 0 Å². The maximum absolute atomic E-state index is 13.8. The predicted octanol–water partition coefficient (Wildman–Crippen LogP) is 3.40. The van der Waals surface area contributed by atoms with Crippen LogP contribution < -0.4 is 5.32 Å². The fourth-order valence-electron chi connectivity index (χ4n) is 3.56. The molecule has 1 amide bonds. The molecule has 150 valence electrons. The highest BCUT2D eigenvalue weighted by molar-refractivity contribution is 5.78. The largest absolute Gasteiger partial charge is 0.347 e. The SMILES string of the molecule is O=C(NCc1nc(-c2ccccc2)no1)C1CCN(Cc2ccccc2F)CC1. The quantitative estimate of drug-likeness (QED) is 0.694. The summed E-state index contributed by atoms with van der Waals surface area (Å²) in [5.41, 5.74) is 1.57. The molecule has 1 N–H and O–H groups in total. The number of piperidine rings is 1. The number of hydrogen-bond donors (Lipinski definition) is 1. The van der Waals surface area contributed by atoms with Gasteiger partial charge in [-0.15, -0.1) is 0 Å². The van der Waals surface area contributed by atoms with Crippen LogP contribution >= 0.6 is 0 Å². The molecule has 2 heterocycles. The van der Waals surface area contributed by atoms with Crippen LogP contribution in [-0.4, -0.2) is 34.0 Å². The van der Waals surface area contributed by atoms with E-state index in [0.29, 0.717) is 23.8 Å². The maximum Gasteiger partial charge on any atom is 0.246 e. The first-order chi connectivity index (χ1) is 14.2. The van der Waals surface area contributed by atoms with E-state index in [1.54, 1.807) is 6.07 Å². The topological polar surface area (TPSA) is 71.3 Å². The molecule has 3 aromatic rings. The zero-order chi connectivity index (χ0) is 20.1. The van der Waals surface area contributed by atoms with Crippen LogP contribution in [0.15, 0.2) is 59.1 Å². The summed E-state index contributed by atoms with van der Waals surface area (Å²) in [5, 5.41) is 6.85. The molecule has 2 aromatic carbocycles. The summed E-state index contributed by atoms with van der Waals surface area (Å²) >= 11 is 0. The highest BCUT2D eigenvalue weighted by Crippen LogP contribution is 2.20. The van der Waals surface area contributed by atoms with Crippen molar-refractivity contribution >= 4 is 5.91 Å². The lowest BCUT2D eigenvalue weighted by atomic mass is 9.95. The molecule has 1 aliphatic rings. The van der Waals surface area contributed by atoms with Crippen molar-refractivity contribution in [3.8, 4) is 11.4 Å². The lowest BCUT2D eigenvalue weighted by molar-refractivity contribution is -0.126. The van der Waals surface area contributed by atoms with E-state index >= 15 is 0 Å². The number of halogens is 1. The second-order valence-corrected chi connectivity index (χ2v) is 7.24. The molecular weight excluding hydrogens is 371 g/mol. The summed E-state index contributed by atoms with van der Waals surface area (Å²) in [5.74, 6) is 0.658. The zero-order valence-corrected chi connectivity index (χ0v) is 16.1. The number of hydrogen-bond acceptors (Lipinski definition) is 5. The van der Waals surface area contributed by atoms with E-state index in [1.165, 1.54) is 6.07 Å². The molecule has 0 unspecified atom stereocenters. The van der Waals surface area contributed by atoms with Gasteiger partial charge in [0.2, 0.25) is 17.6 Å². The van der Waals surface area contributed by atoms with Gasteiger partial charge in [-0.05, 0) is 32.0 Å². The van der Waals surface area contributed by atoms with E-state index in [0.717, 1.165) is 31.5 Å². The van der Waals surface area contributed by atoms with Gasteiger partial charge in [-0.25, -0.2) is 4.39 Å². The van der Waals surface area contributed by atoms with E-state index in [9.17, 15) is 9.18 Å². The van der Waals surface area contributed by atoms with Gasteiger partial charge in [0.05, 0.1) is 6.54 Å². The predicted molar refractivity (Wildman–Crippen MR) is 106 cm³/mol. The standard InChI is InChI=1S/C22H23FN4O2/c23-19-9-5-4-8-18(19)15-27-12-10-17(11-13-27)22(28)24-14-20-25-21(26-29-20)16-6-2-1-3-7-16/h1-9,17H,10-15H2,(H,24,28). The van der Waals surface area contributed by atoms with Gasteiger partial charge in [0, 0.05) is 23.6 Å². The second kappa shape index (κ2) is 8.96. The van der Waals surface area contributed by atoms with E-state index in [4.69, 9.17) is 4.52 Å². The fraction of sp³-hybridized carbons (Fsp3) is 0.318. The summed E-state index contributed by atoms with van der Waals surface area (Å²) in [7, 11) is 0. The number of amides is 1. The van der Waals surface area contributed by atoms with Crippen molar-refractivity contribution in [2.24, 2.45) is 5.92 Å². The van der Waals surface area contributed by atoms with Gasteiger partial charge < -0.3 is 9.84 Å². The van der Waals surface area contributed by atoms with Crippen LogP contribution in [0.2, 0.25) is 0 Å². The van der Waals surface area contributed by atoms with Crippen LogP contribution in [0, 0.1) is 11.7 Å². The Hall–Kier alpha value is -3.06. The van der Waals surface area contributed by atoms with Gasteiger partial charge >= 0.3 is 0 Å². The Kier molecular flexibility index (Phi) is 5.95. The average molecular weight is 394 g/mol. The number of carbonyl (C=O) groups excluding carboxylic acids is 1. The van der Waals surface area contributed by atoms with Gasteiger partial charge in [0.15, 0.2) is 0 Å². The van der Waals surface area contributed by atoms with Crippen LogP contribution in [0.4, 0.5) is 4.39 Å². The molecule has 1 aliphatic heterocycles. The average Bonchev–Trinajstić information content (AvgIpc) is 3.24. The first-order valence-corrected chi connectivity index (χ1v) is 9.80. The maximum atomic E-state index is 13.8. The van der Waals surface area contributed by atoms with Crippen LogP contribution in [0.5, 0.6) is 0 Å². The first-order valence-electron chi connectivity index (χ1n) is 9.80. The number of rotatable bonds is 6. The third kappa shape index (κ3) is 4.86. The molecule has 0 spiro atoms. The van der Waals surface area contributed by atoms with Crippen molar-refractivity contribution in [3.05, 3.63) is 71.9 Å². The molecule has 4 rings (SSSR count). The molecule has 29 heavy (non-hydrogen) atoms. The summed E-state index contributed by atoms with van der Waals surface area (Å²) < 4.78 is 19.0. The number of aromatic nitrogens is 2. The molecule has 0 aliphatic carbocycles. The first kappa shape index (κ1) is 19.3. The van der Waals surface area contributed by atoms with E-state index in [2.05, 4.69) is 20.4 Å². The summed E-state index contributed by atoms with van der Waals surface area (Å²) in [4.78, 5) is 19.0. The van der Waals surface area contributed by atoms with Crippen molar-refractivity contribution in [1.29, 1.82) is 0 Å². The molecule has 1 saturated heterocycles. The minimum Gasteiger partial charge on any atom is -0.347 e. The molecule has 0 radical (unpaired) electrons. The Morgan fingerprint density at radius 2 is 1.83 bits per heavy atom. The van der Waals surface area contributed by atoms with Gasteiger partial charge in [0.25, 0.3) is 0 Å². The normalized spacial score (nSPS) is 15.3. The minimum atomic E-state index is -0.179. The number of carbonyl (C=O) groups is 1. The highest BCUT2D eigenvalue weighted by Gasteiger charge is 2.25. The molecule has 6 nitrogen and oxygen atoms in total.